The maximum Gasteiger partial charge on any atom is 0.509 e. The minimum Gasteiger partial charge on any atom is -0.431 e. The zero-order valence-electron chi connectivity index (χ0n) is 12.3. The highest BCUT2D eigenvalue weighted by Gasteiger charge is 2.26. The van der Waals surface area contributed by atoms with Crippen LogP contribution in [0.15, 0.2) is 0 Å². The molecule has 0 saturated heterocycles. The molecule has 0 unspecified atom stereocenters. The number of hydrogen-bond acceptors (Lipinski definition) is 3. The van der Waals surface area contributed by atoms with Gasteiger partial charge in [-0.25, -0.2) is 4.79 Å². The lowest BCUT2D eigenvalue weighted by molar-refractivity contribution is -0.0367. The van der Waals surface area contributed by atoms with Crippen LogP contribution in [-0.2, 0) is 9.47 Å². The SMILES string of the molecule is CCCCC1CCC(OC(=O)OC(C)(C)C)CC1. The molecule has 1 aliphatic carbocycles. The van der Waals surface area contributed by atoms with Gasteiger partial charge in [-0.1, -0.05) is 26.2 Å². The molecule has 1 saturated carbocycles. The molecule has 1 fully saturated rings. The van der Waals surface area contributed by atoms with Gasteiger partial charge in [0.15, 0.2) is 0 Å². The molecule has 0 atom stereocenters. The van der Waals surface area contributed by atoms with Crippen LogP contribution >= 0.6 is 0 Å². The van der Waals surface area contributed by atoms with Crippen molar-refractivity contribution in [2.45, 2.75) is 84.3 Å². The van der Waals surface area contributed by atoms with Gasteiger partial charge in [-0.3, -0.25) is 0 Å². The van der Waals surface area contributed by atoms with Crippen molar-refractivity contribution in [3.05, 3.63) is 0 Å². The molecule has 3 nitrogen and oxygen atoms in total. The summed E-state index contributed by atoms with van der Waals surface area (Å²) < 4.78 is 10.5. The quantitative estimate of drug-likeness (QED) is 0.685. The Labute approximate surface area is 111 Å². The van der Waals surface area contributed by atoms with Crippen LogP contribution in [0.2, 0.25) is 0 Å². The molecular weight excluding hydrogens is 228 g/mol. The third kappa shape index (κ3) is 6.27. The molecule has 0 bridgehead atoms. The molecule has 0 aromatic heterocycles. The van der Waals surface area contributed by atoms with Crippen molar-refractivity contribution in [3.8, 4) is 0 Å². The van der Waals surface area contributed by atoms with E-state index in [0.717, 1.165) is 18.8 Å². The van der Waals surface area contributed by atoms with Gasteiger partial charge in [0.25, 0.3) is 0 Å². The van der Waals surface area contributed by atoms with E-state index in [1.807, 2.05) is 20.8 Å². The van der Waals surface area contributed by atoms with Crippen molar-refractivity contribution in [1.82, 2.24) is 0 Å². The summed E-state index contributed by atoms with van der Waals surface area (Å²) in [4.78, 5) is 11.5. The molecule has 0 amide bonds. The van der Waals surface area contributed by atoms with E-state index < -0.39 is 11.8 Å². The zero-order valence-corrected chi connectivity index (χ0v) is 12.3. The number of unbranched alkanes of at least 4 members (excludes halogenated alkanes) is 1. The van der Waals surface area contributed by atoms with E-state index in [4.69, 9.17) is 9.47 Å². The number of ether oxygens (including phenoxy) is 2. The largest absolute Gasteiger partial charge is 0.509 e. The van der Waals surface area contributed by atoms with Gasteiger partial charge in [-0.2, -0.15) is 0 Å². The Morgan fingerprint density at radius 1 is 1.17 bits per heavy atom. The summed E-state index contributed by atoms with van der Waals surface area (Å²) in [5.74, 6) is 0.837. The predicted octanol–water partition coefficient (Wildman–Crippen LogP) is 4.69. The van der Waals surface area contributed by atoms with Gasteiger partial charge in [0.2, 0.25) is 0 Å². The topological polar surface area (TPSA) is 35.5 Å². The maximum absolute atomic E-state index is 11.5. The Balaban J connectivity index is 2.21. The van der Waals surface area contributed by atoms with E-state index in [1.165, 1.54) is 32.1 Å². The summed E-state index contributed by atoms with van der Waals surface area (Å²) in [7, 11) is 0. The molecule has 1 rings (SSSR count). The molecule has 0 radical (unpaired) electrons. The van der Waals surface area contributed by atoms with Gasteiger partial charge < -0.3 is 9.47 Å². The van der Waals surface area contributed by atoms with Crippen LogP contribution in [0.5, 0.6) is 0 Å². The molecule has 3 heteroatoms. The molecule has 0 aromatic carbocycles. The molecule has 0 aliphatic heterocycles. The molecule has 18 heavy (non-hydrogen) atoms. The Hall–Kier alpha value is -0.730. The van der Waals surface area contributed by atoms with Gasteiger partial charge in [0.05, 0.1) is 0 Å². The van der Waals surface area contributed by atoms with Gasteiger partial charge in [0, 0.05) is 0 Å². The van der Waals surface area contributed by atoms with Crippen LogP contribution < -0.4 is 0 Å². The fourth-order valence-corrected chi connectivity index (χ4v) is 2.44. The summed E-state index contributed by atoms with van der Waals surface area (Å²) >= 11 is 0. The van der Waals surface area contributed by atoms with E-state index in [2.05, 4.69) is 6.92 Å². The first kappa shape index (κ1) is 15.3. The first-order valence-corrected chi connectivity index (χ1v) is 7.30. The van der Waals surface area contributed by atoms with Crippen LogP contribution in [0, 0.1) is 5.92 Å². The number of carbonyl (C=O) groups is 1. The Kier molecular flexibility index (Phi) is 5.97. The van der Waals surface area contributed by atoms with E-state index in [0.29, 0.717) is 0 Å². The minimum absolute atomic E-state index is 0.0673. The Morgan fingerprint density at radius 2 is 1.78 bits per heavy atom. The molecule has 0 spiro atoms. The highest BCUT2D eigenvalue weighted by molar-refractivity contribution is 5.60. The van der Waals surface area contributed by atoms with Crippen molar-refractivity contribution >= 4 is 6.16 Å². The number of carbonyl (C=O) groups excluding carboxylic acids is 1. The van der Waals surface area contributed by atoms with Crippen molar-refractivity contribution in [2.75, 3.05) is 0 Å². The predicted molar refractivity (Wildman–Crippen MR) is 72.6 cm³/mol. The molecule has 0 aromatic rings. The van der Waals surface area contributed by atoms with Crippen molar-refractivity contribution in [3.63, 3.8) is 0 Å². The summed E-state index contributed by atoms with van der Waals surface area (Å²) in [6.07, 6.45) is 7.84. The lowest BCUT2D eigenvalue weighted by Gasteiger charge is -2.29. The first-order chi connectivity index (χ1) is 8.40. The lowest BCUT2D eigenvalue weighted by Crippen LogP contribution is -2.29. The van der Waals surface area contributed by atoms with Gasteiger partial charge in [-0.05, 0) is 52.4 Å². The summed E-state index contributed by atoms with van der Waals surface area (Å²) in [5.41, 5.74) is -0.463. The summed E-state index contributed by atoms with van der Waals surface area (Å²) in [6.45, 7) is 7.80. The molecular formula is C15H28O3. The first-order valence-electron chi connectivity index (χ1n) is 7.30. The smallest absolute Gasteiger partial charge is 0.431 e. The van der Waals surface area contributed by atoms with Crippen molar-refractivity contribution in [1.29, 1.82) is 0 Å². The van der Waals surface area contributed by atoms with Gasteiger partial charge in [-0.15, -0.1) is 0 Å². The molecule has 0 heterocycles. The van der Waals surface area contributed by atoms with Gasteiger partial charge >= 0.3 is 6.16 Å². The highest BCUT2D eigenvalue weighted by Crippen LogP contribution is 2.30. The van der Waals surface area contributed by atoms with Gasteiger partial charge in [0.1, 0.15) is 11.7 Å². The van der Waals surface area contributed by atoms with Crippen LogP contribution in [0.3, 0.4) is 0 Å². The second-order valence-electron chi connectivity index (χ2n) is 6.37. The number of hydrogen-bond donors (Lipinski definition) is 0. The Bertz CT molecular complexity index is 247. The van der Waals surface area contributed by atoms with E-state index in [1.54, 1.807) is 0 Å². The van der Waals surface area contributed by atoms with E-state index in [-0.39, 0.29) is 6.10 Å². The fourth-order valence-electron chi connectivity index (χ4n) is 2.44. The van der Waals surface area contributed by atoms with Crippen LogP contribution in [-0.4, -0.2) is 17.9 Å². The average Bonchev–Trinajstić information content (AvgIpc) is 2.25. The maximum atomic E-state index is 11.5. The molecule has 106 valence electrons. The average molecular weight is 256 g/mol. The van der Waals surface area contributed by atoms with Crippen LogP contribution in [0.4, 0.5) is 4.79 Å². The second kappa shape index (κ2) is 7.01. The zero-order chi connectivity index (χ0) is 13.6. The standard InChI is InChI=1S/C15H28O3/c1-5-6-7-12-8-10-13(11-9-12)17-14(16)18-15(2,3)4/h12-13H,5-11H2,1-4H3. The second-order valence-corrected chi connectivity index (χ2v) is 6.37. The van der Waals surface area contributed by atoms with Crippen LogP contribution in [0.25, 0.3) is 0 Å². The minimum atomic E-state index is -0.514. The number of rotatable bonds is 4. The fraction of sp³-hybridized carbons (Fsp3) is 0.933. The van der Waals surface area contributed by atoms with E-state index >= 15 is 0 Å². The molecule has 0 N–H and O–H groups in total. The summed E-state index contributed by atoms with van der Waals surface area (Å²) in [5, 5.41) is 0. The van der Waals surface area contributed by atoms with Crippen molar-refractivity contribution < 1.29 is 14.3 Å². The normalized spacial score (nSPS) is 24.7. The van der Waals surface area contributed by atoms with E-state index in [9.17, 15) is 4.79 Å². The monoisotopic (exact) mass is 256 g/mol. The van der Waals surface area contributed by atoms with Crippen LogP contribution in [0.1, 0.15) is 72.6 Å². The third-order valence-corrected chi connectivity index (χ3v) is 3.41. The highest BCUT2D eigenvalue weighted by atomic mass is 16.7. The third-order valence-electron chi connectivity index (χ3n) is 3.41. The molecule has 1 aliphatic rings. The summed E-state index contributed by atoms with van der Waals surface area (Å²) in [6, 6.07) is 0. The Morgan fingerprint density at radius 3 is 2.28 bits per heavy atom. The van der Waals surface area contributed by atoms with Crippen molar-refractivity contribution in [2.24, 2.45) is 5.92 Å². The lowest BCUT2D eigenvalue weighted by atomic mass is 9.84.